The van der Waals surface area contributed by atoms with Gasteiger partial charge in [0.05, 0.1) is 46.7 Å². The van der Waals surface area contributed by atoms with Crippen LogP contribution in [0.2, 0.25) is 0 Å². The van der Waals surface area contributed by atoms with E-state index in [2.05, 4.69) is 12.1 Å². The van der Waals surface area contributed by atoms with Crippen LogP contribution >= 0.6 is 0 Å². The first-order chi connectivity index (χ1) is 16.1. The number of hydrogen-bond donors (Lipinski definition) is 2. The highest BCUT2D eigenvalue weighted by Crippen LogP contribution is 2.38. The van der Waals surface area contributed by atoms with Gasteiger partial charge < -0.3 is 53.4 Å². The lowest BCUT2D eigenvalue weighted by atomic mass is 10.2. The van der Waals surface area contributed by atoms with Crippen molar-refractivity contribution in [2.45, 2.75) is 13.3 Å². The SMILES string of the molecule is CCOc1ccccc1[NH+]1CC[NH+](CCCOC(=O)c2cc(OC)c(OC)c(OC)c2)CC1.[Cl-].[Cl-]. The summed E-state index contributed by atoms with van der Waals surface area (Å²) in [5, 5.41) is 0. The van der Waals surface area contributed by atoms with Crippen molar-refractivity contribution >= 4 is 11.7 Å². The van der Waals surface area contributed by atoms with Gasteiger partial charge in [0.2, 0.25) is 5.75 Å². The third-order valence-corrected chi connectivity index (χ3v) is 5.94. The molecule has 0 spiro atoms. The van der Waals surface area contributed by atoms with Crippen LogP contribution < -0.4 is 53.6 Å². The number of rotatable bonds is 11. The van der Waals surface area contributed by atoms with Gasteiger partial charge in [0.25, 0.3) is 0 Å². The molecule has 35 heavy (non-hydrogen) atoms. The van der Waals surface area contributed by atoms with Crippen molar-refractivity contribution in [3.63, 3.8) is 0 Å². The van der Waals surface area contributed by atoms with E-state index in [1.165, 1.54) is 36.8 Å². The van der Waals surface area contributed by atoms with E-state index < -0.39 is 5.97 Å². The quantitative estimate of drug-likeness (QED) is 0.223. The van der Waals surface area contributed by atoms with Crippen LogP contribution in [0, 0.1) is 0 Å². The van der Waals surface area contributed by atoms with Crippen LogP contribution in [0.4, 0.5) is 5.69 Å². The average molecular weight is 531 g/mol. The summed E-state index contributed by atoms with van der Waals surface area (Å²) in [6.07, 6.45) is 0.816. The van der Waals surface area contributed by atoms with Crippen molar-refractivity contribution < 1.29 is 63.1 Å². The van der Waals surface area contributed by atoms with Crippen molar-refractivity contribution in [3.05, 3.63) is 42.0 Å². The Kier molecular flexibility index (Phi) is 13.6. The summed E-state index contributed by atoms with van der Waals surface area (Å²) in [6.45, 7) is 8.33. The Morgan fingerprint density at radius 3 is 2.09 bits per heavy atom. The van der Waals surface area contributed by atoms with Gasteiger partial charge >= 0.3 is 5.97 Å². The van der Waals surface area contributed by atoms with Gasteiger partial charge in [0, 0.05) is 12.5 Å². The van der Waals surface area contributed by atoms with Crippen LogP contribution in [0.3, 0.4) is 0 Å². The lowest BCUT2D eigenvalue weighted by molar-refractivity contribution is -0.986. The average Bonchev–Trinajstić information content (AvgIpc) is 2.86. The molecule has 0 unspecified atom stereocenters. The zero-order valence-electron chi connectivity index (χ0n) is 20.8. The first-order valence-corrected chi connectivity index (χ1v) is 11.5. The highest BCUT2D eigenvalue weighted by molar-refractivity contribution is 5.91. The third-order valence-electron chi connectivity index (χ3n) is 5.94. The Labute approximate surface area is 220 Å². The van der Waals surface area contributed by atoms with Crippen molar-refractivity contribution in [1.82, 2.24) is 0 Å². The Morgan fingerprint density at radius 1 is 0.886 bits per heavy atom. The molecule has 3 rings (SSSR count). The van der Waals surface area contributed by atoms with E-state index in [4.69, 9.17) is 23.7 Å². The molecule has 196 valence electrons. The number of ether oxygens (including phenoxy) is 5. The van der Waals surface area contributed by atoms with Gasteiger partial charge in [0.15, 0.2) is 22.9 Å². The van der Waals surface area contributed by atoms with Crippen LogP contribution in [0.5, 0.6) is 23.0 Å². The molecule has 10 heteroatoms. The number of quaternary nitrogens is 2. The zero-order valence-corrected chi connectivity index (χ0v) is 22.3. The maximum absolute atomic E-state index is 12.5. The zero-order chi connectivity index (χ0) is 23.6. The summed E-state index contributed by atoms with van der Waals surface area (Å²) in [5.41, 5.74) is 1.62. The molecule has 0 atom stereocenters. The molecule has 1 saturated heterocycles. The number of esters is 1. The molecular weight excluding hydrogens is 495 g/mol. The fourth-order valence-corrected chi connectivity index (χ4v) is 4.23. The monoisotopic (exact) mass is 530 g/mol. The summed E-state index contributed by atoms with van der Waals surface area (Å²) in [7, 11) is 4.57. The fraction of sp³-hybridized carbons (Fsp3) is 0.480. The van der Waals surface area contributed by atoms with Crippen molar-refractivity contribution in [3.8, 4) is 23.0 Å². The molecule has 0 amide bonds. The molecule has 2 aromatic carbocycles. The summed E-state index contributed by atoms with van der Waals surface area (Å²) in [4.78, 5) is 15.5. The molecule has 8 nitrogen and oxygen atoms in total. The van der Waals surface area contributed by atoms with Gasteiger partial charge in [-0.3, -0.25) is 4.90 Å². The molecule has 2 aromatic rings. The number of nitrogens with one attached hydrogen (secondary N) is 2. The molecule has 0 saturated carbocycles. The normalized spacial score (nSPS) is 16.8. The molecule has 0 bridgehead atoms. The number of halogens is 2. The molecule has 0 aromatic heterocycles. The van der Waals surface area contributed by atoms with Crippen LogP contribution in [0.25, 0.3) is 0 Å². The molecule has 1 heterocycles. The number of benzene rings is 2. The van der Waals surface area contributed by atoms with Crippen LogP contribution in [0.15, 0.2) is 36.4 Å². The smallest absolute Gasteiger partial charge is 0.338 e. The molecule has 2 N–H and O–H groups in total. The van der Waals surface area contributed by atoms with Crippen molar-refractivity contribution in [1.29, 1.82) is 0 Å². The maximum Gasteiger partial charge on any atom is 0.338 e. The van der Waals surface area contributed by atoms with Gasteiger partial charge in [-0.05, 0) is 25.1 Å². The van der Waals surface area contributed by atoms with Crippen LogP contribution in [0.1, 0.15) is 23.7 Å². The lowest BCUT2D eigenvalue weighted by Crippen LogP contribution is -3.26. The van der Waals surface area contributed by atoms with Gasteiger partial charge in [-0.1, -0.05) is 12.1 Å². The second kappa shape index (κ2) is 15.6. The van der Waals surface area contributed by atoms with E-state index in [0.29, 0.717) is 36.0 Å². The van der Waals surface area contributed by atoms with Gasteiger partial charge in [-0.25, -0.2) is 4.79 Å². The second-order valence-corrected chi connectivity index (χ2v) is 7.94. The Hall–Kier alpha value is -2.39. The van der Waals surface area contributed by atoms with E-state index >= 15 is 0 Å². The first kappa shape index (κ1) is 30.6. The highest BCUT2D eigenvalue weighted by Gasteiger charge is 2.26. The minimum Gasteiger partial charge on any atom is -1.00 e. The van der Waals surface area contributed by atoms with Gasteiger partial charge in [-0.15, -0.1) is 0 Å². The van der Waals surface area contributed by atoms with Gasteiger partial charge in [0.1, 0.15) is 26.2 Å². The number of carbonyl (C=O) groups is 1. The van der Waals surface area contributed by atoms with E-state index in [0.717, 1.165) is 44.9 Å². The molecule has 1 aliphatic rings. The number of methoxy groups -OCH3 is 3. The number of piperazine rings is 1. The summed E-state index contributed by atoms with van der Waals surface area (Å²) in [5.74, 6) is 1.90. The molecule has 1 fully saturated rings. The summed E-state index contributed by atoms with van der Waals surface area (Å²) < 4.78 is 27.2. The number of carbonyl (C=O) groups excluding carboxylic acids is 1. The van der Waals surface area contributed by atoms with E-state index in [1.54, 1.807) is 12.1 Å². The lowest BCUT2D eigenvalue weighted by Gasteiger charge is -2.30. The molecule has 0 aliphatic carbocycles. The largest absolute Gasteiger partial charge is 1.00 e. The summed E-state index contributed by atoms with van der Waals surface area (Å²) >= 11 is 0. The third kappa shape index (κ3) is 8.07. The predicted molar refractivity (Wildman–Crippen MR) is 125 cm³/mol. The van der Waals surface area contributed by atoms with E-state index in [-0.39, 0.29) is 24.8 Å². The van der Waals surface area contributed by atoms with Crippen LogP contribution in [-0.4, -0.2) is 73.2 Å². The molecule has 0 radical (unpaired) electrons. The van der Waals surface area contributed by atoms with E-state index in [1.807, 2.05) is 19.1 Å². The van der Waals surface area contributed by atoms with Gasteiger partial charge in [-0.2, -0.15) is 0 Å². The van der Waals surface area contributed by atoms with Crippen molar-refractivity contribution in [2.24, 2.45) is 0 Å². The number of hydrogen-bond acceptors (Lipinski definition) is 6. The summed E-state index contributed by atoms with van der Waals surface area (Å²) in [6, 6.07) is 11.5. The molecule has 1 aliphatic heterocycles. The molecular formula is C25H36Cl2N2O6. The Bertz CT molecular complexity index is 898. The topological polar surface area (TPSA) is 72.1 Å². The minimum atomic E-state index is -0.397. The second-order valence-electron chi connectivity index (χ2n) is 7.94. The first-order valence-electron chi connectivity index (χ1n) is 11.5. The van der Waals surface area contributed by atoms with Crippen molar-refractivity contribution in [2.75, 3.05) is 67.3 Å². The Morgan fingerprint density at radius 2 is 1.51 bits per heavy atom. The highest BCUT2D eigenvalue weighted by atomic mass is 35.5. The fourth-order valence-electron chi connectivity index (χ4n) is 4.23. The maximum atomic E-state index is 12.5. The van der Waals surface area contributed by atoms with E-state index in [9.17, 15) is 4.79 Å². The predicted octanol–water partition coefficient (Wildman–Crippen LogP) is -5.22. The standard InChI is InChI=1S/C25H34N2O6.2ClH/c1-5-32-21-10-7-6-9-20(21)27-14-12-26(13-15-27)11-8-16-33-25(28)19-17-22(29-2)24(31-4)23(18-19)30-3;;/h6-7,9-10,17-18H,5,8,11-16H2,1-4H3;2*1H. The number of para-hydroxylation sites is 2. The van der Waals surface area contributed by atoms with Crippen LogP contribution in [-0.2, 0) is 4.74 Å². The Balaban J connectivity index is 0.00000306. The minimum absolute atomic E-state index is 0.